The van der Waals surface area contributed by atoms with E-state index in [-0.39, 0.29) is 37.7 Å². The summed E-state index contributed by atoms with van der Waals surface area (Å²) in [5.74, 6) is 0.0339. The number of amides is 2. The Labute approximate surface area is 252 Å². The molecule has 0 unspecified atom stereocenters. The summed E-state index contributed by atoms with van der Waals surface area (Å²) in [6.45, 7) is 2.57. The molecule has 41 heavy (non-hydrogen) atoms. The highest BCUT2D eigenvalue weighted by molar-refractivity contribution is 7.92. The molecule has 1 N–H and O–H groups in total. The van der Waals surface area contributed by atoms with Crippen LogP contribution in [-0.2, 0) is 32.6 Å². The molecule has 0 spiro atoms. The number of rotatable bonds is 14. The molecule has 2 amide bonds. The van der Waals surface area contributed by atoms with Crippen LogP contribution in [-0.4, -0.2) is 57.6 Å². The molecule has 220 valence electrons. The molecular formula is C30H35Cl2N3O5S. The molecular weight excluding hydrogens is 585 g/mol. The summed E-state index contributed by atoms with van der Waals surface area (Å²) >= 11 is 12.3. The Hall–Kier alpha value is -3.27. The predicted molar refractivity (Wildman–Crippen MR) is 164 cm³/mol. The second-order valence-corrected chi connectivity index (χ2v) is 12.2. The molecule has 11 heteroatoms. The van der Waals surface area contributed by atoms with Crippen LogP contribution in [0.5, 0.6) is 5.75 Å². The van der Waals surface area contributed by atoms with Gasteiger partial charge in [0, 0.05) is 33.0 Å². The minimum absolute atomic E-state index is 0.0205. The van der Waals surface area contributed by atoms with Crippen molar-refractivity contribution in [1.29, 1.82) is 0 Å². The van der Waals surface area contributed by atoms with Gasteiger partial charge in [-0.3, -0.25) is 13.9 Å². The van der Waals surface area contributed by atoms with Crippen LogP contribution in [0.3, 0.4) is 0 Å². The van der Waals surface area contributed by atoms with E-state index in [1.807, 2.05) is 37.3 Å². The van der Waals surface area contributed by atoms with Crippen molar-refractivity contribution in [1.82, 2.24) is 10.2 Å². The van der Waals surface area contributed by atoms with Crippen molar-refractivity contribution in [3.8, 4) is 5.75 Å². The van der Waals surface area contributed by atoms with Gasteiger partial charge in [-0.25, -0.2) is 8.42 Å². The largest absolute Gasteiger partial charge is 0.494 e. The zero-order valence-electron chi connectivity index (χ0n) is 23.3. The zero-order valence-corrected chi connectivity index (χ0v) is 25.7. The Morgan fingerprint density at radius 3 is 2.22 bits per heavy atom. The Kier molecular flexibility index (Phi) is 11.9. The lowest BCUT2D eigenvalue weighted by molar-refractivity contribution is -0.141. The van der Waals surface area contributed by atoms with Gasteiger partial charge in [0.1, 0.15) is 11.8 Å². The molecule has 3 aromatic rings. The number of likely N-dealkylation sites (N-methyl/N-ethyl adjacent to an activating group) is 1. The maximum Gasteiger partial charge on any atom is 0.242 e. The van der Waals surface area contributed by atoms with Crippen LogP contribution in [0.15, 0.2) is 72.8 Å². The Morgan fingerprint density at radius 2 is 1.63 bits per heavy atom. The number of ether oxygens (including phenoxy) is 1. The van der Waals surface area contributed by atoms with Gasteiger partial charge in [-0.05, 0) is 60.9 Å². The molecule has 3 rings (SSSR count). The van der Waals surface area contributed by atoms with E-state index in [1.54, 1.807) is 42.5 Å². The molecule has 0 saturated heterocycles. The van der Waals surface area contributed by atoms with Crippen molar-refractivity contribution in [2.24, 2.45) is 0 Å². The number of nitrogens with one attached hydrogen (secondary N) is 1. The van der Waals surface area contributed by atoms with E-state index >= 15 is 0 Å². The summed E-state index contributed by atoms with van der Waals surface area (Å²) in [6, 6.07) is 20.5. The van der Waals surface area contributed by atoms with E-state index in [4.69, 9.17) is 27.9 Å². The third-order valence-electron chi connectivity index (χ3n) is 6.44. The molecule has 0 fully saturated rings. The van der Waals surface area contributed by atoms with Crippen molar-refractivity contribution in [3.05, 3.63) is 94.0 Å². The average Bonchev–Trinajstić information content (AvgIpc) is 2.95. The minimum atomic E-state index is -3.62. The number of hydrogen-bond acceptors (Lipinski definition) is 5. The number of nitrogens with zero attached hydrogens (tertiary/aromatic N) is 2. The lowest BCUT2D eigenvalue weighted by atomic mass is 10.0. The van der Waals surface area contributed by atoms with Crippen LogP contribution in [0.4, 0.5) is 5.69 Å². The third kappa shape index (κ3) is 9.38. The Bertz CT molecular complexity index is 1420. The molecule has 0 bridgehead atoms. The number of halogens is 2. The fourth-order valence-electron chi connectivity index (χ4n) is 4.43. The van der Waals surface area contributed by atoms with Crippen molar-refractivity contribution < 1.29 is 22.7 Å². The van der Waals surface area contributed by atoms with Gasteiger partial charge in [-0.15, -0.1) is 0 Å². The lowest BCUT2D eigenvalue weighted by Gasteiger charge is -2.31. The zero-order chi connectivity index (χ0) is 30.0. The molecule has 0 heterocycles. The van der Waals surface area contributed by atoms with Gasteiger partial charge in [0.05, 0.1) is 28.6 Å². The van der Waals surface area contributed by atoms with Crippen LogP contribution in [0.2, 0.25) is 10.0 Å². The standard InChI is InChI=1S/C30H35Cl2N3O5S/c1-4-40-25-15-13-24(14-16-25)35(41(3,38)39)18-8-11-29(36)34(21-23-12-17-26(31)27(32)19-23)28(30(37)33-2)20-22-9-6-5-7-10-22/h5-7,9-10,12-17,19,28H,4,8,11,18,20-21H2,1-3H3,(H,33,37)/t28-/m1/s1. The number of benzene rings is 3. The normalized spacial score (nSPS) is 11.9. The van der Waals surface area contributed by atoms with E-state index in [0.717, 1.165) is 11.8 Å². The van der Waals surface area contributed by atoms with Gasteiger partial charge in [0.2, 0.25) is 21.8 Å². The lowest BCUT2D eigenvalue weighted by Crippen LogP contribution is -2.49. The minimum Gasteiger partial charge on any atom is -0.494 e. The smallest absolute Gasteiger partial charge is 0.242 e. The monoisotopic (exact) mass is 619 g/mol. The van der Waals surface area contributed by atoms with E-state index in [9.17, 15) is 18.0 Å². The van der Waals surface area contributed by atoms with Crippen molar-refractivity contribution in [3.63, 3.8) is 0 Å². The van der Waals surface area contributed by atoms with Gasteiger partial charge in [-0.1, -0.05) is 59.6 Å². The van der Waals surface area contributed by atoms with Crippen molar-refractivity contribution in [2.75, 3.05) is 30.8 Å². The molecule has 0 saturated carbocycles. The van der Waals surface area contributed by atoms with E-state index in [0.29, 0.717) is 40.1 Å². The maximum absolute atomic E-state index is 13.7. The van der Waals surface area contributed by atoms with Crippen molar-refractivity contribution >= 4 is 50.7 Å². The highest BCUT2D eigenvalue weighted by atomic mass is 35.5. The SMILES string of the molecule is CCOc1ccc(N(CCCC(=O)N(Cc2ccc(Cl)c(Cl)c2)[C@H](Cc2ccccc2)C(=O)NC)S(C)(=O)=O)cc1. The van der Waals surface area contributed by atoms with Crippen LogP contribution < -0.4 is 14.4 Å². The molecule has 0 aromatic heterocycles. The summed E-state index contributed by atoms with van der Waals surface area (Å²) in [5.41, 5.74) is 2.08. The summed E-state index contributed by atoms with van der Waals surface area (Å²) < 4.78 is 31.9. The fraction of sp³-hybridized carbons (Fsp3) is 0.333. The quantitative estimate of drug-likeness (QED) is 0.263. The van der Waals surface area contributed by atoms with Crippen LogP contribution in [0.25, 0.3) is 0 Å². The first kappa shape index (κ1) is 32.2. The average molecular weight is 621 g/mol. The van der Waals surface area contributed by atoms with Gasteiger partial charge in [0.15, 0.2) is 0 Å². The summed E-state index contributed by atoms with van der Waals surface area (Å²) in [5, 5.41) is 3.41. The summed E-state index contributed by atoms with van der Waals surface area (Å²) in [4.78, 5) is 28.4. The predicted octanol–water partition coefficient (Wildman–Crippen LogP) is 5.32. The molecule has 0 aliphatic carbocycles. The van der Waals surface area contributed by atoms with Gasteiger partial charge >= 0.3 is 0 Å². The van der Waals surface area contributed by atoms with Gasteiger partial charge in [-0.2, -0.15) is 0 Å². The van der Waals surface area contributed by atoms with Crippen LogP contribution in [0, 0.1) is 0 Å². The van der Waals surface area contributed by atoms with Crippen molar-refractivity contribution in [2.45, 2.75) is 38.8 Å². The second-order valence-electron chi connectivity index (χ2n) is 9.46. The summed E-state index contributed by atoms with van der Waals surface area (Å²) in [7, 11) is -2.09. The number of carbonyl (C=O) groups excluding carboxylic acids is 2. The molecule has 0 aliphatic heterocycles. The van der Waals surface area contributed by atoms with Gasteiger partial charge < -0.3 is 15.0 Å². The number of anilines is 1. The van der Waals surface area contributed by atoms with Crippen LogP contribution >= 0.6 is 23.2 Å². The Morgan fingerprint density at radius 1 is 0.951 bits per heavy atom. The first-order valence-electron chi connectivity index (χ1n) is 13.2. The third-order valence-corrected chi connectivity index (χ3v) is 8.38. The fourth-order valence-corrected chi connectivity index (χ4v) is 5.72. The molecule has 0 radical (unpaired) electrons. The Balaban J connectivity index is 1.84. The molecule has 3 aromatic carbocycles. The van der Waals surface area contributed by atoms with E-state index < -0.39 is 16.1 Å². The number of sulfonamides is 1. The summed E-state index contributed by atoms with van der Waals surface area (Å²) in [6.07, 6.45) is 1.69. The second kappa shape index (κ2) is 15.1. The highest BCUT2D eigenvalue weighted by Crippen LogP contribution is 2.25. The molecule has 0 aliphatic rings. The molecule has 8 nitrogen and oxygen atoms in total. The van der Waals surface area contributed by atoms with Gasteiger partial charge in [0.25, 0.3) is 0 Å². The number of hydrogen-bond donors (Lipinski definition) is 1. The van der Waals surface area contributed by atoms with E-state index in [1.165, 1.54) is 16.3 Å². The first-order chi connectivity index (χ1) is 19.5. The van der Waals surface area contributed by atoms with Crippen LogP contribution in [0.1, 0.15) is 30.9 Å². The first-order valence-corrected chi connectivity index (χ1v) is 15.8. The maximum atomic E-state index is 13.7. The van der Waals surface area contributed by atoms with E-state index in [2.05, 4.69) is 5.32 Å². The highest BCUT2D eigenvalue weighted by Gasteiger charge is 2.30. The molecule has 1 atom stereocenters. The topological polar surface area (TPSA) is 96.0 Å². The number of carbonyl (C=O) groups is 2.